The molecule has 0 saturated carbocycles. The number of hydrogen-bond donors (Lipinski definition) is 1. The Morgan fingerprint density at radius 2 is 1.91 bits per heavy atom. The molecule has 34 heavy (non-hydrogen) atoms. The van der Waals surface area contributed by atoms with Gasteiger partial charge < -0.3 is 9.84 Å². The molecule has 1 N–H and O–H groups in total. The van der Waals surface area contributed by atoms with Gasteiger partial charge in [0.1, 0.15) is 12.4 Å². The van der Waals surface area contributed by atoms with E-state index in [4.69, 9.17) is 21.4 Å². The lowest BCUT2D eigenvalue weighted by molar-refractivity contribution is 0.0697. The molecule has 0 saturated heterocycles. The van der Waals surface area contributed by atoms with E-state index in [9.17, 15) is 9.59 Å². The van der Waals surface area contributed by atoms with Gasteiger partial charge in [-0.25, -0.2) is 9.78 Å². The molecule has 0 spiro atoms. The summed E-state index contributed by atoms with van der Waals surface area (Å²) >= 11 is 13.3. The summed E-state index contributed by atoms with van der Waals surface area (Å²) in [5.41, 5.74) is 1.97. The summed E-state index contributed by atoms with van der Waals surface area (Å²) in [4.78, 5) is 28.3. The van der Waals surface area contributed by atoms with Crippen molar-refractivity contribution in [3.05, 3.63) is 101 Å². The first-order valence-corrected chi connectivity index (χ1v) is 11.9. The second-order valence-electron chi connectivity index (χ2n) is 7.29. The Kier molecular flexibility index (Phi) is 7.16. The highest BCUT2D eigenvalue weighted by Gasteiger charge is 2.11. The number of ether oxygens (including phenoxy) is 1. The van der Waals surface area contributed by atoms with Crippen LogP contribution in [0.25, 0.3) is 10.9 Å². The Balaban J connectivity index is 1.56. The van der Waals surface area contributed by atoms with Crippen molar-refractivity contribution in [2.75, 3.05) is 0 Å². The number of carboxylic acid groups (broad SMARTS) is 1. The van der Waals surface area contributed by atoms with Crippen LogP contribution in [0.2, 0.25) is 5.02 Å². The molecular weight excluding hydrogens is 590 g/mol. The maximum atomic E-state index is 12.9. The van der Waals surface area contributed by atoms with Crippen LogP contribution in [-0.4, -0.2) is 27.0 Å². The fourth-order valence-electron chi connectivity index (χ4n) is 3.21. The highest BCUT2D eigenvalue weighted by Crippen LogP contribution is 2.34. The number of fused-ring (bicyclic) bond motifs is 1. The molecule has 3 aromatic carbocycles. The van der Waals surface area contributed by atoms with E-state index in [1.165, 1.54) is 23.0 Å². The molecule has 0 radical (unpaired) electrons. The van der Waals surface area contributed by atoms with Gasteiger partial charge in [0, 0.05) is 4.47 Å². The number of carboxylic acids is 1. The molecule has 0 aliphatic heterocycles. The molecule has 0 fully saturated rings. The molecule has 0 unspecified atom stereocenters. The van der Waals surface area contributed by atoms with Crippen molar-refractivity contribution in [3.8, 4) is 5.75 Å². The lowest BCUT2D eigenvalue weighted by atomic mass is 10.1. The van der Waals surface area contributed by atoms with E-state index in [1.807, 2.05) is 6.07 Å². The lowest BCUT2D eigenvalue weighted by Gasteiger charge is -2.11. The van der Waals surface area contributed by atoms with Crippen LogP contribution in [0, 0.1) is 6.92 Å². The third-order valence-electron chi connectivity index (χ3n) is 4.90. The first-order chi connectivity index (χ1) is 16.2. The van der Waals surface area contributed by atoms with Crippen LogP contribution in [0.3, 0.4) is 0 Å². The summed E-state index contributed by atoms with van der Waals surface area (Å²) in [6.45, 7) is 1.92. The van der Waals surface area contributed by atoms with Gasteiger partial charge in [0.25, 0.3) is 5.56 Å². The Morgan fingerprint density at radius 3 is 2.59 bits per heavy atom. The molecule has 0 atom stereocenters. The van der Waals surface area contributed by atoms with E-state index in [2.05, 4.69) is 41.9 Å². The Morgan fingerprint density at radius 1 is 1.18 bits per heavy atom. The molecule has 4 aromatic rings. The number of carbonyl (C=O) groups is 1. The highest BCUT2D eigenvalue weighted by atomic mass is 79.9. The summed E-state index contributed by atoms with van der Waals surface area (Å²) in [5, 5.41) is 14.1. The minimum Gasteiger partial charge on any atom is -0.486 e. The number of rotatable bonds is 6. The number of aryl methyl sites for hydroxylation is 1. The van der Waals surface area contributed by atoms with Crippen LogP contribution >= 0.6 is 43.5 Å². The summed E-state index contributed by atoms with van der Waals surface area (Å²) < 4.78 is 8.45. The van der Waals surface area contributed by atoms with Crippen LogP contribution in [0.5, 0.6) is 5.75 Å². The van der Waals surface area contributed by atoms with Crippen molar-refractivity contribution in [2.24, 2.45) is 5.10 Å². The SMILES string of the molecule is Cc1nc2ccc(Br)cc2c(=O)n1N=Cc1cc(Cl)c(OCc2ccc(C(=O)O)cc2)c(Br)c1. The topological polar surface area (TPSA) is 93.8 Å². The zero-order chi connectivity index (χ0) is 24.4. The van der Waals surface area contributed by atoms with Crippen molar-refractivity contribution in [1.29, 1.82) is 0 Å². The van der Waals surface area contributed by atoms with Gasteiger partial charge in [-0.2, -0.15) is 9.78 Å². The molecule has 4 rings (SSSR count). The van der Waals surface area contributed by atoms with E-state index in [1.54, 1.807) is 43.3 Å². The van der Waals surface area contributed by atoms with Gasteiger partial charge in [-0.15, -0.1) is 0 Å². The molecule has 0 bridgehead atoms. The maximum Gasteiger partial charge on any atom is 0.335 e. The molecule has 172 valence electrons. The van der Waals surface area contributed by atoms with Gasteiger partial charge in [-0.1, -0.05) is 39.7 Å². The third-order valence-corrected chi connectivity index (χ3v) is 6.26. The summed E-state index contributed by atoms with van der Waals surface area (Å²) in [6, 6.07) is 15.2. The quantitative estimate of drug-likeness (QED) is 0.271. The monoisotopic (exact) mass is 603 g/mol. The summed E-state index contributed by atoms with van der Waals surface area (Å²) in [6.07, 6.45) is 1.52. The summed E-state index contributed by atoms with van der Waals surface area (Å²) in [7, 11) is 0. The van der Waals surface area contributed by atoms with E-state index in [-0.39, 0.29) is 17.7 Å². The number of nitrogens with zero attached hydrogens (tertiary/aromatic N) is 3. The number of hydrogen-bond acceptors (Lipinski definition) is 5. The van der Waals surface area contributed by atoms with Crippen molar-refractivity contribution in [2.45, 2.75) is 13.5 Å². The summed E-state index contributed by atoms with van der Waals surface area (Å²) in [5.74, 6) is -0.0953. The van der Waals surface area contributed by atoms with Crippen molar-refractivity contribution in [1.82, 2.24) is 9.66 Å². The average Bonchev–Trinajstić information content (AvgIpc) is 2.79. The first-order valence-electron chi connectivity index (χ1n) is 9.90. The molecule has 1 heterocycles. The van der Waals surface area contributed by atoms with Gasteiger partial charge in [0.05, 0.1) is 32.2 Å². The Bertz CT molecular complexity index is 1480. The molecule has 10 heteroatoms. The standard InChI is InChI=1S/C24H16Br2ClN3O4/c1-13-29-21-7-6-17(25)10-18(21)23(31)30(13)28-11-15-8-19(26)22(20(27)9-15)34-12-14-2-4-16(5-3-14)24(32)33/h2-11H,12H2,1H3,(H,32,33). The fourth-order valence-corrected chi connectivity index (χ4v) is 4.56. The molecular formula is C24H16Br2ClN3O4. The molecule has 0 amide bonds. The number of benzene rings is 3. The van der Waals surface area contributed by atoms with E-state index >= 15 is 0 Å². The molecule has 7 nitrogen and oxygen atoms in total. The zero-order valence-electron chi connectivity index (χ0n) is 17.6. The minimum atomic E-state index is -0.986. The number of aromatic nitrogens is 2. The molecule has 0 aliphatic carbocycles. The Hall–Kier alpha value is -3.01. The van der Waals surface area contributed by atoms with Crippen LogP contribution < -0.4 is 10.3 Å². The van der Waals surface area contributed by atoms with Gasteiger partial charge in [-0.05, 0) is 76.4 Å². The van der Waals surface area contributed by atoms with Crippen LogP contribution in [0.15, 0.2) is 73.4 Å². The second kappa shape index (κ2) is 10.1. The van der Waals surface area contributed by atoms with Crippen LogP contribution in [-0.2, 0) is 6.61 Å². The highest BCUT2D eigenvalue weighted by molar-refractivity contribution is 9.10. The first kappa shape index (κ1) is 24.1. The maximum absolute atomic E-state index is 12.9. The molecule has 0 aliphatic rings. The normalized spacial score (nSPS) is 11.3. The predicted octanol–water partition coefficient (Wildman–Crippen LogP) is 6.04. The largest absolute Gasteiger partial charge is 0.486 e. The van der Waals surface area contributed by atoms with Crippen molar-refractivity contribution in [3.63, 3.8) is 0 Å². The van der Waals surface area contributed by atoms with Gasteiger partial charge in [0.15, 0.2) is 5.75 Å². The average molecular weight is 606 g/mol. The van der Waals surface area contributed by atoms with E-state index in [0.717, 1.165) is 10.0 Å². The van der Waals surface area contributed by atoms with Gasteiger partial charge >= 0.3 is 5.97 Å². The fraction of sp³-hybridized carbons (Fsp3) is 0.0833. The minimum absolute atomic E-state index is 0.204. The second-order valence-corrected chi connectivity index (χ2v) is 9.46. The Labute approximate surface area is 215 Å². The third kappa shape index (κ3) is 5.22. The van der Waals surface area contributed by atoms with Gasteiger partial charge in [-0.3, -0.25) is 4.79 Å². The van der Waals surface area contributed by atoms with E-state index < -0.39 is 5.97 Å². The predicted molar refractivity (Wildman–Crippen MR) is 138 cm³/mol. The van der Waals surface area contributed by atoms with Gasteiger partial charge in [0.2, 0.25) is 0 Å². The van der Waals surface area contributed by atoms with Crippen molar-refractivity contribution < 1.29 is 14.6 Å². The zero-order valence-corrected chi connectivity index (χ0v) is 21.6. The van der Waals surface area contributed by atoms with Crippen LogP contribution in [0.1, 0.15) is 27.3 Å². The molecule has 1 aromatic heterocycles. The van der Waals surface area contributed by atoms with E-state index in [0.29, 0.717) is 37.5 Å². The number of aromatic carboxylic acids is 1. The lowest BCUT2D eigenvalue weighted by Crippen LogP contribution is -2.20. The number of halogens is 3. The van der Waals surface area contributed by atoms with Crippen molar-refractivity contribution >= 4 is 66.5 Å². The van der Waals surface area contributed by atoms with Crippen LogP contribution in [0.4, 0.5) is 0 Å². The smallest absolute Gasteiger partial charge is 0.335 e.